The van der Waals surface area contributed by atoms with Crippen molar-refractivity contribution in [3.8, 4) is 0 Å². The zero-order chi connectivity index (χ0) is 13.3. The fourth-order valence-corrected chi connectivity index (χ4v) is 2.04. The highest BCUT2D eigenvalue weighted by Gasteiger charge is 2.38. The number of hydrogen-bond donors (Lipinski definition) is 1. The minimum absolute atomic E-state index is 0.106. The van der Waals surface area contributed by atoms with E-state index >= 15 is 0 Å². The van der Waals surface area contributed by atoms with E-state index in [4.69, 9.17) is 5.84 Å². The molecule has 0 bridgehead atoms. The number of carbonyl (C=O) groups excluding carboxylic acids is 3. The van der Waals surface area contributed by atoms with Crippen LogP contribution in [-0.4, -0.2) is 40.7 Å². The molecule has 0 aromatic heterocycles. The molecule has 1 aliphatic heterocycles. The van der Waals surface area contributed by atoms with Crippen LogP contribution in [0.3, 0.4) is 0 Å². The van der Waals surface area contributed by atoms with Gasteiger partial charge in [0.05, 0.1) is 23.7 Å². The third-order valence-corrected chi connectivity index (χ3v) is 2.88. The van der Waals surface area contributed by atoms with E-state index in [-0.39, 0.29) is 18.4 Å². The molecular weight excluding hydrogens is 234 g/mol. The van der Waals surface area contributed by atoms with Crippen LogP contribution in [0.15, 0.2) is 24.3 Å². The number of nitrogens with zero attached hydrogens (tertiary/aromatic N) is 2. The number of imide groups is 1. The summed E-state index contributed by atoms with van der Waals surface area (Å²) in [6.45, 7) is 1.78. The maximum atomic E-state index is 12.1. The van der Waals surface area contributed by atoms with Crippen molar-refractivity contribution in [3.63, 3.8) is 0 Å². The Morgan fingerprint density at radius 3 is 2.22 bits per heavy atom. The van der Waals surface area contributed by atoms with E-state index in [0.717, 1.165) is 9.91 Å². The first kappa shape index (κ1) is 12.3. The van der Waals surface area contributed by atoms with Crippen LogP contribution in [0.1, 0.15) is 27.6 Å². The highest BCUT2D eigenvalue weighted by molar-refractivity contribution is 6.21. The lowest BCUT2D eigenvalue weighted by atomic mass is 10.1. The summed E-state index contributed by atoms with van der Waals surface area (Å²) in [7, 11) is 0. The molecule has 1 unspecified atom stereocenters. The van der Waals surface area contributed by atoms with Gasteiger partial charge in [-0.1, -0.05) is 12.1 Å². The van der Waals surface area contributed by atoms with Crippen molar-refractivity contribution >= 4 is 18.2 Å². The molecule has 6 nitrogen and oxygen atoms in total. The summed E-state index contributed by atoms with van der Waals surface area (Å²) in [5.41, 5.74) is 0.785. The maximum absolute atomic E-state index is 12.1. The van der Waals surface area contributed by atoms with Gasteiger partial charge in [0.25, 0.3) is 11.8 Å². The molecular formula is C12H13N3O3. The van der Waals surface area contributed by atoms with Gasteiger partial charge >= 0.3 is 0 Å². The van der Waals surface area contributed by atoms with E-state index < -0.39 is 6.04 Å². The first-order valence-electron chi connectivity index (χ1n) is 5.49. The minimum Gasteiger partial charge on any atom is -0.281 e. The van der Waals surface area contributed by atoms with Crippen molar-refractivity contribution in [2.45, 2.75) is 13.0 Å². The summed E-state index contributed by atoms with van der Waals surface area (Å²) in [6, 6.07) is 6.18. The molecule has 6 heteroatoms. The summed E-state index contributed by atoms with van der Waals surface area (Å²) in [4.78, 5) is 35.7. The molecule has 0 fully saturated rings. The number of amides is 3. The van der Waals surface area contributed by atoms with E-state index in [1.165, 1.54) is 0 Å². The molecule has 1 heterocycles. The summed E-state index contributed by atoms with van der Waals surface area (Å²) in [5.74, 6) is 4.66. The Bertz CT molecular complexity index is 480. The van der Waals surface area contributed by atoms with E-state index in [0.29, 0.717) is 17.5 Å². The van der Waals surface area contributed by atoms with Crippen molar-refractivity contribution in [1.82, 2.24) is 9.91 Å². The Balaban J connectivity index is 2.25. The Kier molecular flexibility index (Phi) is 3.12. The van der Waals surface area contributed by atoms with E-state index in [1.807, 2.05) is 0 Å². The first-order valence-corrected chi connectivity index (χ1v) is 5.49. The molecule has 1 atom stereocenters. The van der Waals surface area contributed by atoms with E-state index in [1.54, 1.807) is 31.2 Å². The second kappa shape index (κ2) is 4.58. The fourth-order valence-electron chi connectivity index (χ4n) is 2.04. The van der Waals surface area contributed by atoms with Gasteiger partial charge in [-0.2, -0.15) is 0 Å². The fraction of sp³-hybridized carbons (Fsp3) is 0.250. The second-order valence-electron chi connectivity index (χ2n) is 4.18. The number of hydrazine groups is 1. The molecule has 2 rings (SSSR count). The molecule has 18 heavy (non-hydrogen) atoms. The second-order valence-corrected chi connectivity index (χ2v) is 4.18. The van der Waals surface area contributed by atoms with Crippen LogP contribution in [-0.2, 0) is 4.79 Å². The molecule has 0 aliphatic carbocycles. The van der Waals surface area contributed by atoms with Crippen LogP contribution >= 0.6 is 0 Å². The molecule has 3 amide bonds. The Morgan fingerprint density at radius 1 is 1.28 bits per heavy atom. The molecule has 1 aromatic rings. The Hall–Kier alpha value is -2.21. The Labute approximate surface area is 104 Å². The minimum atomic E-state index is -0.465. The predicted octanol–water partition coefficient (Wildman–Crippen LogP) is 0.00320. The largest absolute Gasteiger partial charge is 0.281 e. The number of hydrogen-bond acceptors (Lipinski definition) is 4. The Morgan fingerprint density at radius 2 is 1.78 bits per heavy atom. The van der Waals surface area contributed by atoms with Crippen LogP contribution in [0.2, 0.25) is 0 Å². The number of fused-ring (bicyclic) bond motifs is 1. The zero-order valence-electron chi connectivity index (χ0n) is 9.87. The molecule has 2 N–H and O–H groups in total. The van der Waals surface area contributed by atoms with Gasteiger partial charge in [-0.05, 0) is 19.1 Å². The van der Waals surface area contributed by atoms with Gasteiger partial charge in [0, 0.05) is 0 Å². The van der Waals surface area contributed by atoms with Crippen LogP contribution < -0.4 is 5.84 Å². The quantitative estimate of drug-likeness (QED) is 0.267. The highest BCUT2D eigenvalue weighted by Crippen LogP contribution is 2.24. The van der Waals surface area contributed by atoms with Gasteiger partial charge in [0.15, 0.2) is 0 Å². The SMILES string of the molecule is CC(CN(N)C=O)N1C(=O)c2ccccc2C1=O. The molecule has 0 spiro atoms. The number of rotatable bonds is 4. The van der Waals surface area contributed by atoms with Gasteiger partial charge < -0.3 is 0 Å². The average Bonchev–Trinajstić information content (AvgIpc) is 2.62. The zero-order valence-corrected chi connectivity index (χ0v) is 9.87. The first-order chi connectivity index (χ1) is 8.56. The number of carbonyl (C=O) groups is 3. The van der Waals surface area contributed by atoms with Gasteiger partial charge in [0.2, 0.25) is 6.41 Å². The monoisotopic (exact) mass is 247 g/mol. The molecule has 0 saturated carbocycles. The van der Waals surface area contributed by atoms with Crippen LogP contribution in [0, 0.1) is 0 Å². The molecule has 0 radical (unpaired) electrons. The van der Waals surface area contributed by atoms with Crippen molar-refractivity contribution in [1.29, 1.82) is 0 Å². The third kappa shape index (κ3) is 1.86. The smallest absolute Gasteiger partial charge is 0.261 e. The average molecular weight is 247 g/mol. The molecule has 0 saturated heterocycles. The van der Waals surface area contributed by atoms with Crippen molar-refractivity contribution in [2.75, 3.05) is 6.54 Å². The maximum Gasteiger partial charge on any atom is 0.261 e. The standard InChI is InChI=1S/C12H13N3O3/c1-8(6-14(13)7-16)15-11(17)9-4-2-3-5-10(9)12(15)18/h2-5,7-8H,6,13H2,1H3. The highest BCUT2D eigenvalue weighted by atomic mass is 16.2. The lowest BCUT2D eigenvalue weighted by Crippen LogP contribution is -2.46. The number of benzene rings is 1. The van der Waals surface area contributed by atoms with Gasteiger partial charge in [-0.25, -0.2) is 5.84 Å². The summed E-state index contributed by atoms with van der Waals surface area (Å²) in [5, 5.41) is 0.911. The lowest BCUT2D eigenvalue weighted by Gasteiger charge is -2.24. The number of nitrogens with two attached hydrogens (primary N) is 1. The van der Waals surface area contributed by atoms with Gasteiger partial charge in [-0.15, -0.1) is 0 Å². The van der Waals surface area contributed by atoms with Crippen LogP contribution in [0.4, 0.5) is 0 Å². The van der Waals surface area contributed by atoms with Crippen LogP contribution in [0.5, 0.6) is 0 Å². The van der Waals surface area contributed by atoms with E-state index in [9.17, 15) is 14.4 Å². The lowest BCUT2D eigenvalue weighted by molar-refractivity contribution is -0.118. The van der Waals surface area contributed by atoms with Gasteiger partial charge in [-0.3, -0.25) is 24.3 Å². The topological polar surface area (TPSA) is 83.7 Å². The summed E-state index contributed by atoms with van der Waals surface area (Å²) >= 11 is 0. The summed E-state index contributed by atoms with van der Waals surface area (Å²) in [6.07, 6.45) is 0.453. The van der Waals surface area contributed by atoms with Crippen molar-refractivity contribution in [2.24, 2.45) is 5.84 Å². The van der Waals surface area contributed by atoms with E-state index in [2.05, 4.69) is 0 Å². The molecule has 1 aromatic carbocycles. The van der Waals surface area contributed by atoms with Crippen molar-refractivity contribution in [3.05, 3.63) is 35.4 Å². The molecule has 94 valence electrons. The third-order valence-electron chi connectivity index (χ3n) is 2.88. The summed E-state index contributed by atoms with van der Waals surface area (Å²) < 4.78 is 0. The van der Waals surface area contributed by atoms with Gasteiger partial charge in [0.1, 0.15) is 0 Å². The predicted molar refractivity (Wildman–Crippen MR) is 63.4 cm³/mol. The van der Waals surface area contributed by atoms with Crippen LogP contribution in [0.25, 0.3) is 0 Å². The molecule has 1 aliphatic rings. The van der Waals surface area contributed by atoms with Crippen molar-refractivity contribution < 1.29 is 14.4 Å². The normalized spacial score (nSPS) is 15.6.